The fourth-order valence-corrected chi connectivity index (χ4v) is 2.43. The van der Waals surface area contributed by atoms with E-state index in [1.54, 1.807) is 0 Å². The highest BCUT2D eigenvalue weighted by Gasteiger charge is 2.15. The first kappa shape index (κ1) is 13.8. The lowest BCUT2D eigenvalue weighted by atomic mass is 10.1. The molecule has 0 saturated heterocycles. The van der Waals surface area contributed by atoms with E-state index in [1.165, 1.54) is 11.5 Å². The van der Waals surface area contributed by atoms with E-state index < -0.39 is 0 Å². The zero-order chi connectivity index (χ0) is 13.9. The molecule has 0 unspecified atom stereocenters. The van der Waals surface area contributed by atoms with Crippen molar-refractivity contribution in [3.8, 4) is 17.1 Å². The van der Waals surface area contributed by atoms with Gasteiger partial charge in [-0.15, -0.1) is 0 Å². The van der Waals surface area contributed by atoms with Crippen LogP contribution < -0.4 is 10.1 Å². The van der Waals surface area contributed by atoms with Gasteiger partial charge in [-0.3, -0.25) is 0 Å². The summed E-state index contributed by atoms with van der Waals surface area (Å²) in [6, 6.07) is 7.84. The maximum atomic E-state index is 5.61. The predicted molar refractivity (Wildman–Crippen MR) is 79.9 cm³/mol. The number of hydrogen-bond donors (Lipinski definition) is 1. The van der Waals surface area contributed by atoms with Gasteiger partial charge < -0.3 is 10.1 Å². The first-order valence-corrected chi connectivity index (χ1v) is 7.11. The Labute approximate surface area is 118 Å². The Morgan fingerprint density at radius 3 is 2.68 bits per heavy atom. The number of ether oxygens (including phenoxy) is 1. The summed E-state index contributed by atoms with van der Waals surface area (Å²) in [7, 11) is 0. The maximum absolute atomic E-state index is 5.61. The van der Waals surface area contributed by atoms with Gasteiger partial charge in [0.2, 0.25) is 5.13 Å². The van der Waals surface area contributed by atoms with Gasteiger partial charge in [-0.05, 0) is 39.8 Å². The summed E-state index contributed by atoms with van der Waals surface area (Å²) >= 11 is 1.37. The molecule has 1 aromatic heterocycles. The molecular formula is C14H19N3OS. The van der Waals surface area contributed by atoms with Crippen molar-refractivity contribution in [2.24, 2.45) is 0 Å². The lowest BCUT2D eigenvalue weighted by Crippen LogP contribution is -2.25. The quantitative estimate of drug-likeness (QED) is 0.923. The zero-order valence-electron chi connectivity index (χ0n) is 11.7. The number of hydrogen-bond acceptors (Lipinski definition) is 5. The average Bonchev–Trinajstić information content (AvgIpc) is 2.76. The molecule has 0 bridgehead atoms. The van der Waals surface area contributed by atoms with Crippen molar-refractivity contribution in [1.82, 2.24) is 9.36 Å². The molecule has 5 heteroatoms. The molecule has 2 aromatic rings. The molecule has 0 atom stereocenters. The Morgan fingerprint density at radius 1 is 1.26 bits per heavy atom. The minimum absolute atomic E-state index is 0.0176. The van der Waals surface area contributed by atoms with Crippen molar-refractivity contribution in [2.75, 3.05) is 11.9 Å². The molecule has 0 saturated carbocycles. The summed E-state index contributed by atoms with van der Waals surface area (Å²) in [6.07, 6.45) is 0. The van der Waals surface area contributed by atoms with E-state index in [9.17, 15) is 0 Å². The molecule has 0 radical (unpaired) electrons. The average molecular weight is 277 g/mol. The van der Waals surface area contributed by atoms with E-state index >= 15 is 0 Å². The minimum atomic E-state index is -0.0176. The Hall–Kier alpha value is -1.62. The lowest BCUT2D eigenvalue weighted by Gasteiger charge is -2.18. The largest absolute Gasteiger partial charge is 0.493 e. The fourth-order valence-electron chi connectivity index (χ4n) is 1.64. The molecule has 0 aliphatic carbocycles. The van der Waals surface area contributed by atoms with Crippen molar-refractivity contribution in [3.63, 3.8) is 0 Å². The van der Waals surface area contributed by atoms with Crippen LogP contribution in [0.4, 0.5) is 5.13 Å². The van der Waals surface area contributed by atoms with Gasteiger partial charge in [0.25, 0.3) is 0 Å². The van der Waals surface area contributed by atoms with E-state index in [1.807, 2.05) is 31.2 Å². The van der Waals surface area contributed by atoms with Crippen molar-refractivity contribution in [3.05, 3.63) is 24.3 Å². The van der Waals surface area contributed by atoms with E-state index in [2.05, 4.69) is 35.4 Å². The topological polar surface area (TPSA) is 47.0 Å². The molecule has 4 nitrogen and oxygen atoms in total. The monoisotopic (exact) mass is 277 g/mol. The lowest BCUT2D eigenvalue weighted by molar-refractivity contribution is 0.341. The molecule has 0 fully saturated rings. The predicted octanol–water partition coefficient (Wildman–Crippen LogP) is 3.81. The van der Waals surface area contributed by atoms with Gasteiger partial charge in [-0.2, -0.15) is 9.36 Å². The second-order valence-electron chi connectivity index (χ2n) is 5.23. The van der Waals surface area contributed by atoms with Crippen LogP contribution in [0.3, 0.4) is 0 Å². The van der Waals surface area contributed by atoms with Crippen molar-refractivity contribution < 1.29 is 4.74 Å². The van der Waals surface area contributed by atoms with Crippen LogP contribution in [0.1, 0.15) is 27.7 Å². The molecular weight excluding hydrogens is 258 g/mol. The van der Waals surface area contributed by atoms with Gasteiger partial charge in [0.05, 0.1) is 12.2 Å². The highest BCUT2D eigenvalue weighted by molar-refractivity contribution is 7.09. The van der Waals surface area contributed by atoms with Gasteiger partial charge in [-0.1, -0.05) is 12.1 Å². The minimum Gasteiger partial charge on any atom is -0.493 e. The van der Waals surface area contributed by atoms with Crippen LogP contribution in [0.25, 0.3) is 11.4 Å². The van der Waals surface area contributed by atoms with Crippen LogP contribution >= 0.6 is 11.5 Å². The number of nitrogens with zero attached hydrogens (tertiary/aromatic N) is 2. The van der Waals surface area contributed by atoms with Crippen molar-refractivity contribution >= 4 is 16.7 Å². The SMILES string of the molecule is CCOc1ccccc1-c1nsc(NC(C)(C)C)n1. The molecule has 0 amide bonds. The third kappa shape index (κ3) is 3.67. The number of nitrogens with one attached hydrogen (secondary N) is 1. The Balaban J connectivity index is 2.28. The third-order valence-corrected chi connectivity index (χ3v) is 2.97. The first-order valence-electron chi connectivity index (χ1n) is 6.33. The first-order chi connectivity index (χ1) is 8.99. The van der Waals surface area contributed by atoms with Crippen LogP contribution in [0.5, 0.6) is 5.75 Å². The Morgan fingerprint density at radius 2 is 2.00 bits per heavy atom. The summed E-state index contributed by atoms with van der Waals surface area (Å²) in [4.78, 5) is 4.53. The van der Waals surface area contributed by atoms with Crippen LogP contribution in [0, 0.1) is 0 Å². The van der Waals surface area contributed by atoms with Crippen LogP contribution in [-0.2, 0) is 0 Å². The summed E-state index contributed by atoms with van der Waals surface area (Å²) < 4.78 is 10.0. The molecule has 0 aliphatic heterocycles. The summed E-state index contributed by atoms with van der Waals surface area (Å²) in [5.74, 6) is 1.53. The number of benzene rings is 1. The fraction of sp³-hybridized carbons (Fsp3) is 0.429. The number of anilines is 1. The molecule has 1 heterocycles. The van der Waals surface area contributed by atoms with Gasteiger partial charge in [0, 0.05) is 17.1 Å². The van der Waals surface area contributed by atoms with Gasteiger partial charge in [0.15, 0.2) is 5.82 Å². The molecule has 1 aromatic carbocycles. The van der Waals surface area contributed by atoms with Crippen molar-refractivity contribution in [1.29, 1.82) is 0 Å². The molecule has 102 valence electrons. The van der Waals surface area contributed by atoms with Crippen molar-refractivity contribution in [2.45, 2.75) is 33.2 Å². The van der Waals surface area contributed by atoms with E-state index in [4.69, 9.17) is 4.74 Å². The summed E-state index contributed by atoms with van der Waals surface area (Å²) in [5.41, 5.74) is 0.915. The van der Waals surface area contributed by atoms with E-state index in [0.29, 0.717) is 12.4 Å². The van der Waals surface area contributed by atoms with Gasteiger partial charge in [0.1, 0.15) is 5.75 Å². The number of aromatic nitrogens is 2. The number of para-hydroxylation sites is 1. The van der Waals surface area contributed by atoms with Crippen LogP contribution in [0.15, 0.2) is 24.3 Å². The molecule has 2 rings (SSSR count). The van der Waals surface area contributed by atoms with Gasteiger partial charge in [-0.25, -0.2) is 0 Å². The highest BCUT2D eigenvalue weighted by atomic mass is 32.1. The Kier molecular flexibility index (Phi) is 4.04. The standard InChI is InChI=1S/C14H19N3OS/c1-5-18-11-9-7-6-8-10(11)12-15-13(19-17-12)16-14(2,3)4/h6-9H,5H2,1-4H3,(H,15,16,17). The second-order valence-corrected chi connectivity index (χ2v) is 5.98. The van der Waals surface area contributed by atoms with E-state index in [-0.39, 0.29) is 5.54 Å². The van der Waals surface area contributed by atoms with Crippen LogP contribution in [-0.4, -0.2) is 21.5 Å². The normalized spacial score (nSPS) is 11.4. The second kappa shape index (κ2) is 5.57. The number of rotatable bonds is 4. The third-order valence-electron chi connectivity index (χ3n) is 2.34. The Bertz CT molecular complexity index is 546. The molecule has 0 spiro atoms. The summed E-state index contributed by atoms with van der Waals surface area (Å²) in [5, 5.41) is 4.15. The zero-order valence-corrected chi connectivity index (χ0v) is 12.5. The molecule has 1 N–H and O–H groups in total. The smallest absolute Gasteiger partial charge is 0.203 e. The summed E-state index contributed by atoms with van der Waals surface area (Å²) in [6.45, 7) is 8.90. The van der Waals surface area contributed by atoms with Crippen LogP contribution in [0.2, 0.25) is 0 Å². The van der Waals surface area contributed by atoms with Gasteiger partial charge >= 0.3 is 0 Å². The molecule has 19 heavy (non-hydrogen) atoms. The maximum Gasteiger partial charge on any atom is 0.203 e. The molecule has 0 aliphatic rings. The highest BCUT2D eigenvalue weighted by Crippen LogP contribution is 2.30. The van der Waals surface area contributed by atoms with E-state index in [0.717, 1.165) is 16.4 Å².